The van der Waals surface area contributed by atoms with Crippen LogP contribution in [0.15, 0.2) is 60.7 Å². The fraction of sp³-hybridized carbons (Fsp3) is 0.364. The first-order chi connectivity index (χ1) is 21.6. The molecule has 0 aliphatic carbocycles. The van der Waals surface area contributed by atoms with Crippen molar-refractivity contribution in [3.63, 3.8) is 0 Å². The molecular formula is C33H37Cl2N5O5. The van der Waals surface area contributed by atoms with E-state index in [1.165, 1.54) is 4.90 Å². The molecule has 45 heavy (non-hydrogen) atoms. The van der Waals surface area contributed by atoms with Gasteiger partial charge in [0.2, 0.25) is 5.91 Å². The third-order valence-corrected chi connectivity index (χ3v) is 8.55. The van der Waals surface area contributed by atoms with Crippen molar-refractivity contribution in [1.29, 1.82) is 0 Å². The van der Waals surface area contributed by atoms with Crippen molar-refractivity contribution >= 4 is 52.4 Å². The predicted octanol–water partition coefficient (Wildman–Crippen LogP) is 5.45. The Balaban J connectivity index is 1.34. The highest BCUT2D eigenvalue weighted by Crippen LogP contribution is 2.39. The Labute approximate surface area is 273 Å². The Hall–Kier alpha value is -3.83. The summed E-state index contributed by atoms with van der Waals surface area (Å²) in [5.74, 6) is -0.157. The largest absolute Gasteiger partial charge is 0.482 e. The van der Waals surface area contributed by atoms with Gasteiger partial charge in [0.05, 0.1) is 35.0 Å². The minimum absolute atomic E-state index is 0.0430. The number of ether oxygens (including phenoxy) is 2. The van der Waals surface area contributed by atoms with Crippen molar-refractivity contribution in [1.82, 2.24) is 15.1 Å². The molecule has 3 aromatic carbocycles. The van der Waals surface area contributed by atoms with Crippen LogP contribution >= 0.6 is 23.2 Å². The number of carbonyl (C=O) groups is 3. The summed E-state index contributed by atoms with van der Waals surface area (Å²) >= 11 is 12.4. The first-order valence-electron chi connectivity index (χ1n) is 14.8. The smallest absolute Gasteiger partial charge is 0.319 e. The van der Waals surface area contributed by atoms with Gasteiger partial charge in [0, 0.05) is 44.5 Å². The molecule has 0 saturated carbocycles. The lowest BCUT2D eigenvalue weighted by molar-refractivity contribution is -0.133. The number of rotatable bonds is 9. The number of halogens is 2. The maximum absolute atomic E-state index is 13.8. The molecule has 1 atom stereocenters. The van der Waals surface area contributed by atoms with E-state index in [0.29, 0.717) is 41.9 Å². The fourth-order valence-electron chi connectivity index (χ4n) is 5.34. The molecule has 12 heteroatoms. The van der Waals surface area contributed by atoms with Crippen LogP contribution in [0.5, 0.6) is 5.75 Å². The van der Waals surface area contributed by atoms with Gasteiger partial charge >= 0.3 is 6.03 Å². The molecule has 2 aliphatic heterocycles. The van der Waals surface area contributed by atoms with Crippen LogP contribution in [-0.2, 0) is 14.3 Å². The third kappa shape index (κ3) is 8.07. The quantitative estimate of drug-likeness (QED) is 0.319. The summed E-state index contributed by atoms with van der Waals surface area (Å²) in [6.45, 7) is 6.86. The number of hydrogen-bond acceptors (Lipinski definition) is 6. The second-order valence-corrected chi connectivity index (χ2v) is 12.2. The van der Waals surface area contributed by atoms with Crippen molar-refractivity contribution in [2.45, 2.75) is 25.9 Å². The van der Waals surface area contributed by atoms with Crippen molar-refractivity contribution in [2.24, 2.45) is 0 Å². The summed E-state index contributed by atoms with van der Waals surface area (Å²) in [5.41, 5.74) is 4.08. The van der Waals surface area contributed by atoms with Crippen LogP contribution in [0.2, 0.25) is 10.0 Å². The van der Waals surface area contributed by atoms with Crippen LogP contribution in [0.4, 0.5) is 16.2 Å². The van der Waals surface area contributed by atoms with E-state index in [1.807, 2.05) is 62.4 Å². The number of anilines is 2. The predicted molar refractivity (Wildman–Crippen MR) is 176 cm³/mol. The maximum Gasteiger partial charge on any atom is 0.319 e. The second kappa shape index (κ2) is 14.5. The average molecular weight is 655 g/mol. The highest BCUT2D eigenvalue weighted by Gasteiger charge is 2.32. The minimum Gasteiger partial charge on any atom is -0.482 e. The summed E-state index contributed by atoms with van der Waals surface area (Å²) in [7, 11) is 1.77. The Morgan fingerprint density at radius 2 is 1.58 bits per heavy atom. The Kier molecular flexibility index (Phi) is 10.5. The van der Waals surface area contributed by atoms with Crippen LogP contribution in [0.1, 0.15) is 25.5 Å². The summed E-state index contributed by atoms with van der Waals surface area (Å²) in [4.78, 5) is 44.1. The normalized spacial score (nSPS) is 15.7. The van der Waals surface area contributed by atoms with E-state index in [2.05, 4.69) is 15.5 Å². The van der Waals surface area contributed by atoms with E-state index >= 15 is 0 Å². The van der Waals surface area contributed by atoms with Gasteiger partial charge in [-0.1, -0.05) is 59.6 Å². The Bertz CT molecular complexity index is 1530. The number of urea groups is 1. The molecule has 0 spiro atoms. The van der Waals surface area contributed by atoms with E-state index in [1.54, 1.807) is 24.1 Å². The molecule has 4 amide bonds. The number of benzene rings is 3. The van der Waals surface area contributed by atoms with Crippen LogP contribution in [0.3, 0.4) is 0 Å². The molecule has 0 aromatic heterocycles. The molecule has 0 radical (unpaired) electrons. The van der Waals surface area contributed by atoms with Crippen molar-refractivity contribution in [3.8, 4) is 16.9 Å². The van der Waals surface area contributed by atoms with Gasteiger partial charge in [-0.25, -0.2) is 4.79 Å². The number of fused-ring (bicyclic) bond motifs is 1. The van der Waals surface area contributed by atoms with E-state index in [4.69, 9.17) is 32.7 Å². The van der Waals surface area contributed by atoms with Gasteiger partial charge < -0.3 is 25.0 Å². The van der Waals surface area contributed by atoms with Crippen LogP contribution in [0.25, 0.3) is 11.1 Å². The topological polar surface area (TPSA) is 103 Å². The van der Waals surface area contributed by atoms with Crippen molar-refractivity contribution < 1.29 is 23.9 Å². The molecule has 1 fully saturated rings. The van der Waals surface area contributed by atoms with Gasteiger partial charge in [0.25, 0.3) is 5.91 Å². The second-order valence-electron chi connectivity index (χ2n) is 11.4. The van der Waals surface area contributed by atoms with E-state index < -0.39 is 0 Å². The van der Waals surface area contributed by atoms with Crippen LogP contribution < -0.4 is 20.3 Å². The van der Waals surface area contributed by atoms with E-state index in [9.17, 15) is 14.4 Å². The first-order valence-corrected chi connectivity index (χ1v) is 15.6. The fourth-order valence-corrected chi connectivity index (χ4v) is 5.65. The molecule has 1 saturated heterocycles. The van der Waals surface area contributed by atoms with Crippen molar-refractivity contribution in [2.75, 3.05) is 63.3 Å². The number of carbonyl (C=O) groups excluding carboxylic acids is 3. The number of nitrogens with one attached hydrogen (secondary N) is 2. The van der Waals surface area contributed by atoms with Gasteiger partial charge in [-0.3, -0.25) is 19.4 Å². The van der Waals surface area contributed by atoms with Crippen molar-refractivity contribution in [3.05, 3.63) is 76.3 Å². The number of morpholine rings is 1. The summed E-state index contributed by atoms with van der Waals surface area (Å²) in [5, 5.41) is 6.23. The monoisotopic (exact) mass is 653 g/mol. The maximum atomic E-state index is 13.8. The zero-order valence-electron chi connectivity index (χ0n) is 25.5. The lowest BCUT2D eigenvalue weighted by Gasteiger charge is -2.37. The number of likely N-dealkylation sites (N-methyl/N-ethyl adjacent to an activating group) is 1. The minimum atomic E-state index is -0.335. The molecule has 2 heterocycles. The summed E-state index contributed by atoms with van der Waals surface area (Å²) in [6.07, 6.45) is 0. The van der Waals surface area contributed by atoms with E-state index in [-0.39, 0.29) is 48.1 Å². The number of hydrogen-bond donors (Lipinski definition) is 2. The van der Waals surface area contributed by atoms with Gasteiger partial charge in [-0.15, -0.1) is 0 Å². The van der Waals surface area contributed by atoms with Gasteiger partial charge in [0.1, 0.15) is 12.3 Å². The van der Waals surface area contributed by atoms with Gasteiger partial charge in [-0.2, -0.15) is 0 Å². The molecule has 3 aromatic rings. The third-order valence-electron chi connectivity index (χ3n) is 7.83. The first kappa shape index (κ1) is 32.6. The standard InChI is InChI=1S/C33H37Cl2N5O5/c1-21(2)36-33(43)37-25-10-8-23(9-11-25)22-4-6-24(7-5-22)29(18-39-12-14-44-15-13-39)38(3)31(41)19-40-28-16-26(34)27(35)17-30(28)45-20-32(40)42/h4-11,16-17,21,29H,12-15,18-20H2,1-3H3,(H2,36,37,43). The Morgan fingerprint density at radius 3 is 2.22 bits per heavy atom. The zero-order valence-corrected chi connectivity index (χ0v) is 27.0. The van der Waals surface area contributed by atoms with Crippen LogP contribution in [0, 0.1) is 0 Å². The van der Waals surface area contributed by atoms with Crippen LogP contribution in [-0.4, -0.2) is 86.7 Å². The van der Waals surface area contributed by atoms with Gasteiger partial charge in [0.15, 0.2) is 6.61 Å². The zero-order chi connectivity index (χ0) is 32.1. The number of amides is 4. The lowest BCUT2D eigenvalue weighted by Crippen LogP contribution is -2.48. The average Bonchev–Trinajstić information content (AvgIpc) is 3.02. The number of nitrogens with zero attached hydrogens (tertiary/aromatic N) is 3. The Morgan fingerprint density at radius 1 is 0.956 bits per heavy atom. The molecule has 5 rings (SSSR count). The molecule has 0 bridgehead atoms. The summed E-state index contributed by atoms with van der Waals surface area (Å²) in [6, 6.07) is 18.4. The highest BCUT2D eigenvalue weighted by atomic mass is 35.5. The lowest BCUT2D eigenvalue weighted by atomic mass is 9.99. The molecule has 10 nitrogen and oxygen atoms in total. The highest BCUT2D eigenvalue weighted by molar-refractivity contribution is 6.42. The molecular weight excluding hydrogens is 617 g/mol. The van der Waals surface area contributed by atoms with Gasteiger partial charge in [-0.05, 0) is 48.7 Å². The summed E-state index contributed by atoms with van der Waals surface area (Å²) < 4.78 is 11.1. The van der Waals surface area contributed by atoms with E-state index in [0.717, 1.165) is 29.8 Å². The molecule has 238 valence electrons. The molecule has 1 unspecified atom stereocenters. The SMILES string of the molecule is CC(C)NC(=O)Nc1ccc(-c2ccc(C(CN3CCOCC3)N(C)C(=O)CN3C(=O)COc4cc(Cl)c(Cl)cc43)cc2)cc1. The molecule has 2 N–H and O–H groups in total. The molecule has 2 aliphatic rings.